The second-order valence-electron chi connectivity index (χ2n) is 9.72. The number of likely N-dealkylation sites (tertiary alicyclic amines) is 1. The van der Waals surface area contributed by atoms with E-state index in [-0.39, 0.29) is 17.6 Å². The number of pyridine rings is 1. The lowest BCUT2D eigenvalue weighted by Gasteiger charge is -2.38. The van der Waals surface area contributed by atoms with Crippen LogP contribution >= 0.6 is 0 Å². The summed E-state index contributed by atoms with van der Waals surface area (Å²) in [5.74, 6) is -0.949. The van der Waals surface area contributed by atoms with Gasteiger partial charge in [0.1, 0.15) is 12.0 Å². The fourth-order valence-corrected chi connectivity index (χ4v) is 4.63. The van der Waals surface area contributed by atoms with Gasteiger partial charge >= 0.3 is 0 Å². The highest BCUT2D eigenvalue weighted by Gasteiger charge is 2.31. The van der Waals surface area contributed by atoms with E-state index in [2.05, 4.69) is 15.4 Å². The van der Waals surface area contributed by atoms with Crippen molar-refractivity contribution in [3.05, 3.63) is 59.9 Å². The summed E-state index contributed by atoms with van der Waals surface area (Å²) in [5, 5.41) is 7.31. The highest BCUT2D eigenvalue weighted by molar-refractivity contribution is 5.95. The van der Waals surface area contributed by atoms with E-state index >= 15 is 0 Å². The Hall–Kier alpha value is -3.33. The molecule has 9 heteroatoms. The summed E-state index contributed by atoms with van der Waals surface area (Å²) in [6.45, 7) is 3.06. The highest BCUT2D eigenvalue weighted by Crippen LogP contribution is 2.29. The van der Waals surface area contributed by atoms with Crippen LogP contribution in [0, 0.1) is 12.7 Å². The van der Waals surface area contributed by atoms with Gasteiger partial charge in [0.25, 0.3) is 5.91 Å². The lowest BCUT2D eigenvalue weighted by molar-refractivity contribution is 0.0947. The van der Waals surface area contributed by atoms with Gasteiger partial charge in [-0.05, 0) is 57.0 Å². The van der Waals surface area contributed by atoms with Gasteiger partial charge in [0.2, 0.25) is 0 Å². The van der Waals surface area contributed by atoms with E-state index in [9.17, 15) is 13.6 Å². The van der Waals surface area contributed by atoms with Crippen molar-refractivity contribution in [2.75, 3.05) is 32.1 Å². The maximum absolute atomic E-state index is 14.7. The summed E-state index contributed by atoms with van der Waals surface area (Å²) in [6, 6.07) is 4.83. The number of amides is 1. The van der Waals surface area contributed by atoms with Crippen LogP contribution in [0.4, 0.5) is 14.5 Å². The molecule has 1 aliphatic heterocycles. The first-order valence-electron chi connectivity index (χ1n) is 12.0. The molecule has 1 N–H and O–H groups in total. The number of nitrogens with one attached hydrogen (secondary N) is 1. The summed E-state index contributed by atoms with van der Waals surface area (Å²) < 4.78 is 30.9. The summed E-state index contributed by atoms with van der Waals surface area (Å²) in [4.78, 5) is 20.8. The Bertz CT molecular complexity index is 1240. The number of anilines is 1. The highest BCUT2D eigenvalue weighted by atomic mass is 19.1. The molecular formula is C26H30F2N6O. The molecule has 0 spiro atoms. The van der Waals surface area contributed by atoms with E-state index in [0.29, 0.717) is 17.8 Å². The number of carbonyl (C=O) groups excluding carboxylic acids is 1. The van der Waals surface area contributed by atoms with Crippen molar-refractivity contribution >= 4 is 11.6 Å². The molecule has 5 rings (SSSR count). The number of rotatable bonds is 6. The Balaban J connectivity index is 1.40. The number of aromatic nitrogens is 3. The first-order valence-corrected chi connectivity index (χ1v) is 12.0. The maximum atomic E-state index is 14.7. The smallest absolute Gasteiger partial charge is 0.254 e. The van der Waals surface area contributed by atoms with E-state index in [4.69, 9.17) is 0 Å². The van der Waals surface area contributed by atoms with Gasteiger partial charge in [-0.3, -0.25) is 9.78 Å². The molecule has 0 radical (unpaired) electrons. The molecule has 3 heterocycles. The Labute approximate surface area is 203 Å². The fraction of sp³-hybridized carbons (Fsp3) is 0.423. The molecule has 184 valence electrons. The second-order valence-corrected chi connectivity index (χ2v) is 9.72. The number of alkyl halides is 1. The predicted molar refractivity (Wildman–Crippen MR) is 131 cm³/mol. The number of aryl methyl sites for hydroxylation is 1. The third kappa shape index (κ3) is 4.91. The van der Waals surface area contributed by atoms with Crippen LogP contribution in [0.15, 0.2) is 43.0 Å². The minimum absolute atomic E-state index is 0.0127. The lowest BCUT2D eigenvalue weighted by atomic mass is 10.0. The average molecular weight is 481 g/mol. The molecule has 35 heavy (non-hydrogen) atoms. The summed E-state index contributed by atoms with van der Waals surface area (Å²) >= 11 is 0. The van der Waals surface area contributed by atoms with Crippen molar-refractivity contribution in [3.8, 4) is 16.8 Å². The molecule has 2 fully saturated rings. The number of carbonyl (C=O) groups is 1. The van der Waals surface area contributed by atoms with Crippen LogP contribution in [-0.2, 0) is 0 Å². The van der Waals surface area contributed by atoms with E-state index in [1.807, 2.05) is 36.2 Å². The molecule has 1 saturated heterocycles. The van der Waals surface area contributed by atoms with Crippen molar-refractivity contribution < 1.29 is 13.6 Å². The molecule has 1 amide bonds. The van der Waals surface area contributed by atoms with Gasteiger partial charge in [0.15, 0.2) is 0 Å². The van der Waals surface area contributed by atoms with Gasteiger partial charge in [-0.25, -0.2) is 13.5 Å². The molecule has 2 unspecified atom stereocenters. The predicted octanol–water partition coefficient (Wildman–Crippen LogP) is 3.75. The average Bonchev–Trinajstić information content (AvgIpc) is 3.50. The number of piperidine rings is 1. The molecule has 1 aliphatic carbocycles. The van der Waals surface area contributed by atoms with Gasteiger partial charge in [-0.15, -0.1) is 0 Å². The van der Waals surface area contributed by atoms with Gasteiger partial charge in [-0.2, -0.15) is 5.10 Å². The van der Waals surface area contributed by atoms with Gasteiger partial charge in [0.05, 0.1) is 35.4 Å². The molecule has 0 bridgehead atoms. The zero-order chi connectivity index (χ0) is 24.7. The molecule has 2 atom stereocenters. The number of nitrogens with zero attached hydrogens (tertiary/aromatic N) is 5. The number of hydrogen-bond acceptors (Lipinski definition) is 5. The van der Waals surface area contributed by atoms with Crippen LogP contribution in [0.25, 0.3) is 16.8 Å². The summed E-state index contributed by atoms with van der Waals surface area (Å²) in [5.41, 5.74) is 3.81. The number of benzene rings is 1. The monoisotopic (exact) mass is 480 g/mol. The topological polar surface area (TPSA) is 66.3 Å². The van der Waals surface area contributed by atoms with E-state index < -0.39 is 17.9 Å². The van der Waals surface area contributed by atoms with Crippen molar-refractivity contribution in [1.29, 1.82) is 0 Å². The minimum Gasteiger partial charge on any atom is -0.367 e. The van der Waals surface area contributed by atoms with Gasteiger partial charge < -0.3 is 15.1 Å². The second kappa shape index (κ2) is 9.37. The van der Waals surface area contributed by atoms with Crippen molar-refractivity contribution in [1.82, 2.24) is 25.0 Å². The van der Waals surface area contributed by atoms with Crippen LogP contribution in [0.1, 0.15) is 35.2 Å². The van der Waals surface area contributed by atoms with Crippen molar-refractivity contribution in [2.24, 2.45) is 0 Å². The molecule has 1 aromatic carbocycles. The van der Waals surface area contributed by atoms with Gasteiger partial charge in [-0.1, -0.05) is 0 Å². The van der Waals surface area contributed by atoms with E-state index in [1.165, 1.54) is 6.07 Å². The largest absolute Gasteiger partial charge is 0.367 e. The van der Waals surface area contributed by atoms with Crippen LogP contribution in [0.2, 0.25) is 0 Å². The Morgan fingerprint density at radius 3 is 2.69 bits per heavy atom. The van der Waals surface area contributed by atoms with Crippen molar-refractivity contribution in [2.45, 2.75) is 44.4 Å². The Morgan fingerprint density at radius 2 is 1.94 bits per heavy atom. The lowest BCUT2D eigenvalue weighted by Crippen LogP contribution is -2.50. The van der Waals surface area contributed by atoms with Crippen LogP contribution in [0.5, 0.6) is 0 Å². The molecular weight excluding hydrogens is 450 g/mol. The molecule has 7 nitrogen and oxygen atoms in total. The zero-order valence-corrected chi connectivity index (χ0v) is 20.2. The minimum atomic E-state index is -0.932. The van der Waals surface area contributed by atoms with Crippen LogP contribution < -0.4 is 10.2 Å². The third-order valence-electron chi connectivity index (χ3n) is 6.94. The van der Waals surface area contributed by atoms with Crippen LogP contribution in [0.3, 0.4) is 0 Å². The fourth-order valence-electron chi connectivity index (χ4n) is 4.63. The third-order valence-corrected chi connectivity index (χ3v) is 6.94. The number of halogens is 2. The number of hydrogen-bond donors (Lipinski definition) is 1. The van der Waals surface area contributed by atoms with Crippen LogP contribution in [-0.4, -0.2) is 71.0 Å². The molecule has 2 aromatic heterocycles. The van der Waals surface area contributed by atoms with E-state index in [0.717, 1.165) is 42.6 Å². The normalized spacial score (nSPS) is 20.6. The Kier molecular flexibility index (Phi) is 6.27. The Morgan fingerprint density at radius 1 is 1.14 bits per heavy atom. The first-order chi connectivity index (χ1) is 16.8. The quantitative estimate of drug-likeness (QED) is 0.582. The van der Waals surface area contributed by atoms with Gasteiger partial charge in [0, 0.05) is 49.7 Å². The zero-order valence-electron chi connectivity index (χ0n) is 20.2. The summed E-state index contributed by atoms with van der Waals surface area (Å²) in [7, 11) is 3.84. The standard InChI is InChI=1S/C26H30F2N6O/c1-16-8-22(27)21(26(35)31-19-4-5-19)10-25(16)34-14-18(12-30-34)17-9-20(13-29-11-17)33(3)24-6-7-32(2)15-23(24)28/h8-14,19,23-24H,4-7,15H2,1-3H3,(H,31,35). The maximum Gasteiger partial charge on any atom is 0.254 e. The molecule has 2 aliphatic rings. The molecule has 3 aromatic rings. The SMILES string of the molecule is Cc1cc(F)c(C(=O)NC2CC2)cc1-n1cc(-c2cncc(N(C)C3CCN(C)CC3F)c2)cn1. The van der Waals surface area contributed by atoms with E-state index in [1.54, 1.807) is 36.3 Å². The first kappa shape index (κ1) is 23.4. The molecule has 1 saturated carbocycles. The van der Waals surface area contributed by atoms with Crippen molar-refractivity contribution in [3.63, 3.8) is 0 Å². The summed E-state index contributed by atoms with van der Waals surface area (Å²) in [6.07, 6.45) is 8.70.